The number of carbonyl (C=O) groups is 2. The highest BCUT2D eigenvalue weighted by Gasteiger charge is 2.41. The Kier molecular flexibility index (Phi) is 6.08. The van der Waals surface area contributed by atoms with Gasteiger partial charge in [0.1, 0.15) is 16.8 Å². The second-order valence-electron chi connectivity index (χ2n) is 8.49. The van der Waals surface area contributed by atoms with Crippen LogP contribution in [-0.2, 0) is 22.4 Å². The van der Waals surface area contributed by atoms with E-state index in [2.05, 4.69) is 30.3 Å². The Morgan fingerprint density at radius 3 is 2.56 bits per heavy atom. The third kappa shape index (κ3) is 4.17. The lowest BCUT2D eigenvalue weighted by molar-refractivity contribution is -0.121. The summed E-state index contributed by atoms with van der Waals surface area (Å²) in [6, 6.07) is 21.4. The van der Waals surface area contributed by atoms with Gasteiger partial charge in [0.25, 0.3) is 0 Å². The quantitative estimate of drug-likeness (QED) is 0.506. The molecule has 1 aliphatic carbocycles. The number of anilines is 1. The minimum Gasteiger partial charge on any atom is -0.497 e. The van der Waals surface area contributed by atoms with Crippen molar-refractivity contribution >= 4 is 29.3 Å². The Hall–Kier alpha value is -3.63. The molecule has 170 valence electrons. The molecule has 34 heavy (non-hydrogen) atoms. The molecule has 1 fully saturated rings. The maximum absolute atomic E-state index is 13.1. The van der Waals surface area contributed by atoms with Crippen molar-refractivity contribution in [2.45, 2.75) is 41.9 Å². The summed E-state index contributed by atoms with van der Waals surface area (Å²) in [6.07, 6.45) is 2.74. The molecule has 2 aliphatic rings. The standard InChI is InChI=1S/C27H23N3O3S/c1-33-22-10-8-21(9-11-22)30-25(31)15-24(27(30)32)34-26-20(16-28)14-19-13-18(7-12-23(19)29-26)17-5-3-2-4-6-17/h2-6,8-11,14,18,24H,7,12-13,15H2,1H3. The summed E-state index contributed by atoms with van der Waals surface area (Å²) >= 11 is 1.22. The highest BCUT2D eigenvalue weighted by molar-refractivity contribution is 8.00. The first-order chi connectivity index (χ1) is 16.6. The van der Waals surface area contributed by atoms with E-state index in [9.17, 15) is 14.9 Å². The molecule has 0 bridgehead atoms. The number of hydrogen-bond donors (Lipinski definition) is 0. The highest BCUT2D eigenvalue weighted by Crippen LogP contribution is 2.38. The first kappa shape index (κ1) is 22.2. The van der Waals surface area contributed by atoms with Crippen molar-refractivity contribution in [3.8, 4) is 11.8 Å². The first-order valence-corrected chi connectivity index (χ1v) is 12.1. The largest absolute Gasteiger partial charge is 0.497 e. The van der Waals surface area contributed by atoms with Gasteiger partial charge < -0.3 is 4.74 Å². The van der Waals surface area contributed by atoms with Crippen LogP contribution in [-0.4, -0.2) is 29.2 Å². The number of imide groups is 1. The zero-order valence-corrected chi connectivity index (χ0v) is 19.5. The lowest BCUT2D eigenvalue weighted by atomic mass is 9.82. The first-order valence-electron chi connectivity index (χ1n) is 11.2. The number of hydrogen-bond acceptors (Lipinski definition) is 6. The fraction of sp³-hybridized carbons (Fsp3) is 0.259. The van der Waals surface area contributed by atoms with Crippen LogP contribution in [0.5, 0.6) is 5.75 Å². The van der Waals surface area contributed by atoms with Crippen LogP contribution in [0, 0.1) is 11.3 Å². The molecule has 2 aromatic carbocycles. The number of rotatable bonds is 5. The fourth-order valence-corrected chi connectivity index (χ4v) is 5.75. The van der Waals surface area contributed by atoms with Crippen LogP contribution >= 0.6 is 11.8 Å². The molecule has 2 atom stereocenters. The van der Waals surface area contributed by atoms with Crippen LogP contribution < -0.4 is 9.64 Å². The number of nitrogens with zero attached hydrogens (tertiary/aromatic N) is 3. The number of carbonyl (C=O) groups excluding carboxylic acids is 2. The Labute approximate surface area is 202 Å². The lowest BCUT2D eigenvalue weighted by Gasteiger charge is -2.25. The summed E-state index contributed by atoms with van der Waals surface area (Å²) in [7, 11) is 1.56. The van der Waals surface area contributed by atoms with Crippen molar-refractivity contribution in [3.63, 3.8) is 0 Å². The summed E-state index contributed by atoms with van der Waals surface area (Å²) in [5, 5.41) is 9.72. The number of ether oxygens (including phenoxy) is 1. The lowest BCUT2D eigenvalue weighted by Crippen LogP contribution is -2.31. The van der Waals surface area contributed by atoms with Gasteiger partial charge in [-0.1, -0.05) is 42.1 Å². The van der Waals surface area contributed by atoms with Crippen molar-refractivity contribution in [2.24, 2.45) is 0 Å². The molecule has 2 unspecified atom stereocenters. The Morgan fingerprint density at radius 2 is 1.85 bits per heavy atom. The average Bonchev–Trinajstić information content (AvgIpc) is 3.16. The number of nitriles is 1. The van der Waals surface area contributed by atoms with Crippen LogP contribution in [0.1, 0.15) is 41.1 Å². The van der Waals surface area contributed by atoms with E-state index in [1.807, 2.05) is 12.1 Å². The van der Waals surface area contributed by atoms with E-state index in [1.54, 1.807) is 31.4 Å². The number of pyridine rings is 1. The molecule has 1 aromatic heterocycles. The second-order valence-corrected chi connectivity index (χ2v) is 9.68. The Bertz CT molecular complexity index is 1280. The van der Waals surface area contributed by atoms with Gasteiger partial charge in [-0.15, -0.1) is 0 Å². The molecule has 5 rings (SSSR count). The van der Waals surface area contributed by atoms with E-state index in [1.165, 1.54) is 22.2 Å². The number of benzene rings is 2. The average molecular weight is 470 g/mol. The maximum Gasteiger partial charge on any atom is 0.247 e. The zero-order valence-electron chi connectivity index (χ0n) is 18.7. The maximum atomic E-state index is 13.1. The molecule has 2 heterocycles. The molecule has 0 radical (unpaired) electrons. The molecule has 0 saturated carbocycles. The van der Waals surface area contributed by atoms with Gasteiger partial charge in [0.15, 0.2) is 0 Å². The SMILES string of the molecule is COc1ccc(N2C(=O)CC(Sc3nc4c(cc3C#N)CC(c3ccccc3)CC4)C2=O)cc1. The molecule has 2 amide bonds. The number of aromatic nitrogens is 1. The summed E-state index contributed by atoms with van der Waals surface area (Å²) in [4.78, 5) is 31.8. The van der Waals surface area contributed by atoms with Crippen molar-refractivity contribution in [1.82, 2.24) is 4.98 Å². The van der Waals surface area contributed by atoms with Crippen LogP contribution in [0.2, 0.25) is 0 Å². The monoisotopic (exact) mass is 469 g/mol. The summed E-state index contributed by atoms with van der Waals surface area (Å²) in [5.41, 5.74) is 4.36. The molecule has 7 heteroatoms. The van der Waals surface area contributed by atoms with Gasteiger partial charge in [-0.05, 0) is 66.6 Å². The number of methoxy groups -OCH3 is 1. The minimum atomic E-state index is -0.604. The van der Waals surface area contributed by atoms with Crippen LogP contribution in [0.3, 0.4) is 0 Å². The number of aryl methyl sites for hydroxylation is 1. The molecule has 1 aliphatic heterocycles. The zero-order chi connectivity index (χ0) is 23.7. The van der Waals surface area contributed by atoms with Crippen LogP contribution in [0.15, 0.2) is 65.7 Å². The van der Waals surface area contributed by atoms with Crippen molar-refractivity contribution in [3.05, 3.63) is 83.0 Å². The van der Waals surface area contributed by atoms with Gasteiger partial charge in [-0.25, -0.2) is 9.88 Å². The van der Waals surface area contributed by atoms with Gasteiger partial charge in [0.2, 0.25) is 11.8 Å². The fourth-order valence-electron chi connectivity index (χ4n) is 4.66. The second kappa shape index (κ2) is 9.32. The van der Waals surface area contributed by atoms with Crippen molar-refractivity contribution in [2.75, 3.05) is 12.0 Å². The molecular weight excluding hydrogens is 446 g/mol. The Morgan fingerprint density at radius 1 is 1.09 bits per heavy atom. The topological polar surface area (TPSA) is 83.3 Å². The van der Waals surface area contributed by atoms with Gasteiger partial charge in [0, 0.05) is 12.1 Å². The molecule has 0 N–H and O–H groups in total. The van der Waals surface area contributed by atoms with E-state index in [-0.39, 0.29) is 18.2 Å². The number of amides is 2. The van der Waals surface area contributed by atoms with E-state index >= 15 is 0 Å². The van der Waals surface area contributed by atoms with Gasteiger partial charge >= 0.3 is 0 Å². The van der Waals surface area contributed by atoms with Crippen molar-refractivity contribution in [1.29, 1.82) is 5.26 Å². The third-order valence-corrected chi connectivity index (χ3v) is 7.62. The van der Waals surface area contributed by atoms with Crippen LogP contribution in [0.25, 0.3) is 0 Å². The van der Waals surface area contributed by atoms with Crippen molar-refractivity contribution < 1.29 is 14.3 Å². The highest BCUT2D eigenvalue weighted by atomic mass is 32.2. The van der Waals surface area contributed by atoms with Gasteiger partial charge in [0.05, 0.1) is 23.6 Å². The van der Waals surface area contributed by atoms with E-state index in [0.717, 1.165) is 30.5 Å². The molecule has 0 spiro atoms. The summed E-state index contributed by atoms with van der Waals surface area (Å²) in [6.45, 7) is 0. The van der Waals surface area contributed by atoms with E-state index in [4.69, 9.17) is 9.72 Å². The van der Waals surface area contributed by atoms with Gasteiger partial charge in [-0.2, -0.15) is 5.26 Å². The number of fused-ring (bicyclic) bond motifs is 1. The predicted octanol–water partition coefficient (Wildman–Crippen LogP) is 4.66. The smallest absolute Gasteiger partial charge is 0.247 e. The molecule has 3 aromatic rings. The normalized spacial score (nSPS) is 19.6. The van der Waals surface area contributed by atoms with E-state index in [0.29, 0.717) is 27.9 Å². The predicted molar refractivity (Wildman–Crippen MR) is 130 cm³/mol. The number of thioether (sulfide) groups is 1. The summed E-state index contributed by atoms with van der Waals surface area (Å²) in [5.74, 6) is 0.524. The molecule has 1 saturated heterocycles. The van der Waals surface area contributed by atoms with E-state index < -0.39 is 5.25 Å². The van der Waals surface area contributed by atoms with Crippen LogP contribution in [0.4, 0.5) is 5.69 Å². The third-order valence-electron chi connectivity index (χ3n) is 6.43. The van der Waals surface area contributed by atoms with Gasteiger partial charge in [-0.3, -0.25) is 9.59 Å². The summed E-state index contributed by atoms with van der Waals surface area (Å²) < 4.78 is 5.16. The minimum absolute atomic E-state index is 0.0786. The molecular formula is C27H23N3O3S. The molecule has 6 nitrogen and oxygen atoms in total. The Balaban J connectivity index is 1.36.